The van der Waals surface area contributed by atoms with Crippen LogP contribution < -0.4 is 0 Å². The van der Waals surface area contributed by atoms with Gasteiger partial charge in [-0.3, -0.25) is 4.79 Å². The fourth-order valence-corrected chi connectivity index (χ4v) is 4.45. The number of hydrogen-bond donors (Lipinski definition) is 0. The van der Waals surface area contributed by atoms with Crippen LogP contribution in [-0.4, -0.2) is 68.2 Å². The molecule has 7 heteroatoms. The molecule has 1 saturated carbocycles. The minimum absolute atomic E-state index is 0.0702. The van der Waals surface area contributed by atoms with Crippen LogP contribution in [0.2, 0.25) is 0 Å². The van der Waals surface area contributed by atoms with E-state index in [4.69, 9.17) is 4.74 Å². The molecule has 3 rings (SSSR count). The maximum Gasteiger partial charge on any atom is 0.226 e. The van der Waals surface area contributed by atoms with Crippen LogP contribution in [0.5, 0.6) is 0 Å². The molecule has 0 N–H and O–H groups in total. The number of nitrogens with zero attached hydrogens (tertiary/aromatic N) is 2. The summed E-state index contributed by atoms with van der Waals surface area (Å²) in [7, 11) is -3.25. The molecule has 6 nitrogen and oxygen atoms in total. The Labute approximate surface area is 120 Å². The van der Waals surface area contributed by atoms with Crippen LogP contribution in [0.3, 0.4) is 0 Å². The van der Waals surface area contributed by atoms with Gasteiger partial charge in [0.25, 0.3) is 0 Å². The van der Waals surface area contributed by atoms with Crippen LogP contribution in [0, 0.1) is 11.8 Å². The van der Waals surface area contributed by atoms with Gasteiger partial charge in [-0.15, -0.1) is 0 Å². The van der Waals surface area contributed by atoms with Crippen molar-refractivity contribution in [3.8, 4) is 0 Å². The minimum atomic E-state index is -3.25. The third-order valence-corrected chi connectivity index (χ3v) is 6.00. The second-order valence-electron chi connectivity index (χ2n) is 6.24. The molecule has 0 spiro atoms. The summed E-state index contributed by atoms with van der Waals surface area (Å²) in [6.45, 7) is 4.08. The predicted octanol–water partition coefficient (Wildman–Crippen LogP) is -0.0963. The van der Waals surface area contributed by atoms with E-state index >= 15 is 0 Å². The van der Waals surface area contributed by atoms with Gasteiger partial charge >= 0.3 is 0 Å². The molecular formula is C13H22N2O4S. The van der Waals surface area contributed by atoms with Gasteiger partial charge in [0.15, 0.2) is 0 Å². The van der Waals surface area contributed by atoms with Gasteiger partial charge in [0.1, 0.15) is 0 Å². The number of rotatable bonds is 2. The summed E-state index contributed by atoms with van der Waals surface area (Å²) in [5, 5.41) is 0. The molecule has 4 atom stereocenters. The summed E-state index contributed by atoms with van der Waals surface area (Å²) in [5.41, 5.74) is 0. The molecule has 0 aromatic carbocycles. The lowest BCUT2D eigenvalue weighted by molar-refractivity contribution is -0.140. The van der Waals surface area contributed by atoms with Crippen LogP contribution in [0.1, 0.15) is 19.8 Å². The maximum absolute atomic E-state index is 12.3. The number of fused-ring (bicyclic) bond motifs is 1. The topological polar surface area (TPSA) is 66.9 Å². The summed E-state index contributed by atoms with van der Waals surface area (Å²) >= 11 is 0. The normalized spacial score (nSPS) is 38.4. The third kappa shape index (κ3) is 2.58. The van der Waals surface area contributed by atoms with Crippen molar-refractivity contribution in [3.05, 3.63) is 0 Å². The molecule has 20 heavy (non-hydrogen) atoms. The van der Waals surface area contributed by atoms with Gasteiger partial charge in [-0.1, -0.05) is 6.92 Å². The van der Waals surface area contributed by atoms with E-state index in [-0.39, 0.29) is 24.0 Å². The quantitative estimate of drug-likeness (QED) is 0.715. The number of sulfonamides is 1. The van der Waals surface area contributed by atoms with Gasteiger partial charge in [0, 0.05) is 25.6 Å². The second-order valence-corrected chi connectivity index (χ2v) is 8.18. The lowest BCUT2D eigenvalue weighted by Crippen LogP contribution is -2.62. The van der Waals surface area contributed by atoms with Crippen LogP contribution >= 0.6 is 0 Å². The van der Waals surface area contributed by atoms with Crippen molar-refractivity contribution in [3.63, 3.8) is 0 Å². The Morgan fingerprint density at radius 1 is 1.30 bits per heavy atom. The molecule has 0 aromatic heterocycles. The predicted molar refractivity (Wildman–Crippen MR) is 73.5 cm³/mol. The Hall–Kier alpha value is -0.660. The van der Waals surface area contributed by atoms with E-state index in [0.29, 0.717) is 32.2 Å². The molecule has 2 aliphatic heterocycles. The molecule has 0 aromatic rings. The van der Waals surface area contributed by atoms with Crippen LogP contribution in [0.15, 0.2) is 0 Å². The van der Waals surface area contributed by atoms with E-state index in [0.717, 1.165) is 12.8 Å². The first-order valence-corrected chi connectivity index (χ1v) is 9.10. The zero-order valence-corrected chi connectivity index (χ0v) is 12.8. The van der Waals surface area contributed by atoms with Crippen LogP contribution in [0.4, 0.5) is 0 Å². The van der Waals surface area contributed by atoms with Gasteiger partial charge in [-0.25, -0.2) is 8.42 Å². The molecule has 1 aliphatic carbocycles. The number of carbonyl (C=O) groups excluding carboxylic acids is 1. The zero-order valence-electron chi connectivity index (χ0n) is 12.0. The lowest BCUT2D eigenvalue weighted by atomic mass is 10.00. The number of amides is 1. The molecule has 0 radical (unpaired) electrons. The number of ether oxygens (including phenoxy) is 1. The summed E-state index contributed by atoms with van der Waals surface area (Å²) in [6.07, 6.45) is 2.86. The fourth-order valence-electron chi connectivity index (χ4n) is 3.35. The highest BCUT2D eigenvalue weighted by molar-refractivity contribution is 7.88. The van der Waals surface area contributed by atoms with Crippen molar-refractivity contribution in [1.29, 1.82) is 0 Å². The number of piperidine rings is 1. The maximum atomic E-state index is 12.3. The molecule has 1 amide bonds. The van der Waals surface area contributed by atoms with Gasteiger partial charge in [0.2, 0.25) is 15.9 Å². The highest BCUT2D eigenvalue weighted by Gasteiger charge is 2.46. The molecule has 2 saturated heterocycles. The fraction of sp³-hybridized carbons (Fsp3) is 0.923. The number of carbonyl (C=O) groups is 1. The molecule has 114 valence electrons. The van der Waals surface area contributed by atoms with Gasteiger partial charge in [0.05, 0.1) is 25.0 Å². The summed E-state index contributed by atoms with van der Waals surface area (Å²) < 4.78 is 31.0. The Kier molecular flexibility index (Phi) is 3.54. The van der Waals surface area contributed by atoms with E-state index in [2.05, 4.69) is 6.92 Å². The summed E-state index contributed by atoms with van der Waals surface area (Å²) in [6, 6.07) is -0.217. The van der Waals surface area contributed by atoms with E-state index in [1.807, 2.05) is 4.90 Å². The van der Waals surface area contributed by atoms with Crippen molar-refractivity contribution in [2.24, 2.45) is 11.8 Å². The minimum Gasteiger partial charge on any atom is -0.375 e. The van der Waals surface area contributed by atoms with E-state index < -0.39 is 10.0 Å². The molecular weight excluding hydrogens is 280 g/mol. The highest BCUT2D eigenvalue weighted by Crippen LogP contribution is 2.40. The van der Waals surface area contributed by atoms with Crippen molar-refractivity contribution in [1.82, 2.24) is 9.21 Å². The standard InChI is InChI=1S/C13H22N2O4S/c1-9-7-10(9)13(16)14-4-3-12-11(8-14)15(5-6-19-12)20(2,17)18/h9-12H,3-8H2,1-2H3/t9?,10?,11-,12-/m0/s1. The van der Waals surface area contributed by atoms with Crippen LogP contribution in [-0.2, 0) is 19.6 Å². The first-order valence-electron chi connectivity index (χ1n) is 7.25. The van der Waals surface area contributed by atoms with Crippen molar-refractivity contribution in [2.75, 3.05) is 32.5 Å². The first-order chi connectivity index (χ1) is 9.38. The van der Waals surface area contributed by atoms with E-state index in [1.165, 1.54) is 10.6 Å². The monoisotopic (exact) mass is 302 g/mol. The van der Waals surface area contributed by atoms with Gasteiger partial charge < -0.3 is 9.64 Å². The SMILES string of the molecule is CC1CC1C(=O)N1CC[C@@H]2OCCN(S(C)(=O)=O)[C@H]2C1. The summed E-state index contributed by atoms with van der Waals surface area (Å²) in [5.74, 6) is 0.826. The Bertz CT molecular complexity index is 507. The van der Waals surface area contributed by atoms with Crippen molar-refractivity contribution in [2.45, 2.75) is 31.9 Å². The third-order valence-electron chi connectivity index (χ3n) is 4.70. The highest BCUT2D eigenvalue weighted by atomic mass is 32.2. The van der Waals surface area contributed by atoms with Gasteiger partial charge in [-0.05, 0) is 18.8 Å². The smallest absolute Gasteiger partial charge is 0.226 e. The Morgan fingerprint density at radius 2 is 2.00 bits per heavy atom. The lowest BCUT2D eigenvalue weighted by Gasteiger charge is -2.45. The molecule has 3 aliphatic rings. The van der Waals surface area contributed by atoms with Crippen LogP contribution in [0.25, 0.3) is 0 Å². The first kappa shape index (κ1) is 14.3. The van der Waals surface area contributed by atoms with E-state index in [9.17, 15) is 13.2 Å². The Morgan fingerprint density at radius 3 is 2.60 bits per heavy atom. The Balaban J connectivity index is 1.73. The average Bonchev–Trinajstić information content (AvgIpc) is 3.12. The van der Waals surface area contributed by atoms with E-state index in [1.54, 1.807) is 0 Å². The number of likely N-dealkylation sites (tertiary alicyclic amines) is 1. The molecule has 2 unspecified atom stereocenters. The van der Waals surface area contributed by atoms with Gasteiger partial charge in [-0.2, -0.15) is 4.31 Å². The largest absolute Gasteiger partial charge is 0.375 e. The summed E-state index contributed by atoms with van der Waals surface area (Å²) in [4.78, 5) is 14.2. The molecule has 0 bridgehead atoms. The molecule has 2 heterocycles. The average molecular weight is 302 g/mol. The number of hydrogen-bond acceptors (Lipinski definition) is 4. The number of morpholine rings is 1. The zero-order chi connectivity index (χ0) is 14.5. The molecule has 3 fully saturated rings. The van der Waals surface area contributed by atoms with Crippen molar-refractivity contribution < 1.29 is 17.9 Å². The van der Waals surface area contributed by atoms with Crippen molar-refractivity contribution >= 4 is 15.9 Å². The second kappa shape index (κ2) is 4.96.